The summed E-state index contributed by atoms with van der Waals surface area (Å²) in [5.74, 6) is 0.757. The Hall–Kier alpha value is -1.80. The molecule has 0 bridgehead atoms. The van der Waals surface area contributed by atoms with Crippen LogP contribution in [0.25, 0.3) is 0 Å². The van der Waals surface area contributed by atoms with Crippen molar-refractivity contribution in [3.8, 4) is 0 Å². The summed E-state index contributed by atoms with van der Waals surface area (Å²) in [6.07, 6.45) is 2.25. The standard InChI is InChI=1S/C18H20ClNO/c19-14-8-7-13-18(21)20(17-11-5-2-6-12-17)15-16-9-3-1-4-10-16/h1-6,9-12H,7-8,13-15H2. The smallest absolute Gasteiger partial charge is 0.227 e. The quantitative estimate of drug-likeness (QED) is 0.539. The van der Waals surface area contributed by atoms with Crippen molar-refractivity contribution >= 4 is 23.2 Å². The Labute approximate surface area is 131 Å². The lowest BCUT2D eigenvalue weighted by atomic mass is 10.1. The maximum absolute atomic E-state index is 12.5. The van der Waals surface area contributed by atoms with Gasteiger partial charge in [-0.05, 0) is 30.5 Å². The molecule has 21 heavy (non-hydrogen) atoms. The predicted molar refractivity (Wildman–Crippen MR) is 88.6 cm³/mol. The average Bonchev–Trinajstić information content (AvgIpc) is 2.54. The molecule has 0 N–H and O–H groups in total. The molecule has 0 aromatic heterocycles. The fourth-order valence-electron chi connectivity index (χ4n) is 2.20. The summed E-state index contributed by atoms with van der Waals surface area (Å²) in [6.45, 7) is 0.602. The number of para-hydroxylation sites is 1. The lowest BCUT2D eigenvalue weighted by Crippen LogP contribution is -2.30. The minimum absolute atomic E-state index is 0.148. The van der Waals surface area contributed by atoms with Gasteiger partial charge in [0.1, 0.15) is 0 Å². The number of unbranched alkanes of at least 4 members (excludes halogenated alkanes) is 1. The maximum atomic E-state index is 12.5. The molecule has 0 spiro atoms. The third kappa shape index (κ3) is 4.91. The van der Waals surface area contributed by atoms with E-state index in [9.17, 15) is 4.79 Å². The Kier molecular flexibility index (Phi) is 6.29. The molecule has 0 aliphatic carbocycles. The van der Waals surface area contributed by atoms with Crippen LogP contribution in [-0.4, -0.2) is 11.8 Å². The molecule has 0 fully saturated rings. The van der Waals surface area contributed by atoms with Crippen molar-refractivity contribution in [2.75, 3.05) is 10.8 Å². The van der Waals surface area contributed by atoms with E-state index in [1.165, 1.54) is 0 Å². The van der Waals surface area contributed by atoms with Gasteiger partial charge in [0, 0.05) is 18.0 Å². The number of amides is 1. The van der Waals surface area contributed by atoms with Crippen molar-refractivity contribution < 1.29 is 4.79 Å². The van der Waals surface area contributed by atoms with E-state index in [2.05, 4.69) is 0 Å². The van der Waals surface area contributed by atoms with Crippen molar-refractivity contribution in [3.63, 3.8) is 0 Å². The first-order chi connectivity index (χ1) is 10.3. The van der Waals surface area contributed by atoms with Crippen molar-refractivity contribution in [1.29, 1.82) is 0 Å². The van der Waals surface area contributed by atoms with Crippen LogP contribution in [0.5, 0.6) is 0 Å². The van der Waals surface area contributed by atoms with E-state index < -0.39 is 0 Å². The second kappa shape index (κ2) is 8.48. The maximum Gasteiger partial charge on any atom is 0.227 e. The van der Waals surface area contributed by atoms with Gasteiger partial charge in [-0.25, -0.2) is 0 Å². The summed E-state index contributed by atoms with van der Waals surface area (Å²) in [4.78, 5) is 14.4. The fourth-order valence-corrected chi connectivity index (χ4v) is 2.39. The number of carbonyl (C=O) groups is 1. The molecular formula is C18H20ClNO. The van der Waals surface area contributed by atoms with Crippen LogP contribution in [0.1, 0.15) is 24.8 Å². The number of anilines is 1. The van der Waals surface area contributed by atoms with Gasteiger partial charge in [0.2, 0.25) is 5.91 Å². The van der Waals surface area contributed by atoms with Gasteiger partial charge in [-0.15, -0.1) is 11.6 Å². The number of rotatable bonds is 7. The normalized spacial score (nSPS) is 10.3. The second-order valence-electron chi connectivity index (χ2n) is 4.95. The molecule has 0 radical (unpaired) electrons. The van der Waals surface area contributed by atoms with Gasteiger partial charge in [-0.2, -0.15) is 0 Å². The average molecular weight is 302 g/mol. The van der Waals surface area contributed by atoms with E-state index in [4.69, 9.17) is 11.6 Å². The Balaban J connectivity index is 2.12. The molecule has 0 atom stereocenters. The Morgan fingerprint density at radius 2 is 1.52 bits per heavy atom. The fraction of sp³-hybridized carbons (Fsp3) is 0.278. The van der Waals surface area contributed by atoms with E-state index in [-0.39, 0.29) is 5.91 Å². The van der Waals surface area contributed by atoms with Crippen molar-refractivity contribution in [1.82, 2.24) is 0 Å². The van der Waals surface area contributed by atoms with Crippen LogP contribution >= 0.6 is 11.6 Å². The van der Waals surface area contributed by atoms with Gasteiger partial charge in [0.05, 0.1) is 6.54 Å². The molecule has 0 aliphatic heterocycles. The van der Waals surface area contributed by atoms with E-state index in [0.717, 1.165) is 24.1 Å². The zero-order chi connectivity index (χ0) is 14.9. The van der Waals surface area contributed by atoms with Crippen LogP contribution in [0, 0.1) is 0 Å². The first kappa shape index (κ1) is 15.6. The Morgan fingerprint density at radius 3 is 2.14 bits per heavy atom. The monoisotopic (exact) mass is 301 g/mol. The third-order valence-electron chi connectivity index (χ3n) is 3.33. The van der Waals surface area contributed by atoms with Crippen molar-refractivity contribution in [3.05, 3.63) is 66.2 Å². The predicted octanol–water partition coefficient (Wildman–Crippen LogP) is 4.63. The Morgan fingerprint density at radius 1 is 0.905 bits per heavy atom. The van der Waals surface area contributed by atoms with Crippen LogP contribution in [0.2, 0.25) is 0 Å². The lowest BCUT2D eigenvalue weighted by Gasteiger charge is -2.23. The Bertz CT molecular complexity index is 542. The summed E-state index contributed by atoms with van der Waals surface area (Å²) >= 11 is 5.69. The minimum Gasteiger partial charge on any atom is -0.308 e. The molecule has 3 heteroatoms. The highest BCUT2D eigenvalue weighted by atomic mass is 35.5. The van der Waals surface area contributed by atoms with Gasteiger partial charge in [-0.3, -0.25) is 4.79 Å². The number of nitrogens with zero attached hydrogens (tertiary/aromatic N) is 1. The molecule has 2 aromatic carbocycles. The molecule has 0 aliphatic rings. The molecule has 2 rings (SSSR count). The van der Waals surface area contributed by atoms with Crippen LogP contribution in [0.15, 0.2) is 60.7 Å². The zero-order valence-corrected chi connectivity index (χ0v) is 12.8. The number of alkyl halides is 1. The number of hydrogen-bond acceptors (Lipinski definition) is 1. The second-order valence-corrected chi connectivity index (χ2v) is 5.33. The molecular weight excluding hydrogens is 282 g/mol. The summed E-state index contributed by atoms with van der Waals surface area (Å²) in [6, 6.07) is 19.9. The van der Waals surface area contributed by atoms with Gasteiger partial charge in [-0.1, -0.05) is 48.5 Å². The van der Waals surface area contributed by atoms with E-state index >= 15 is 0 Å². The summed E-state index contributed by atoms with van der Waals surface area (Å²) in [5, 5.41) is 0. The molecule has 0 unspecified atom stereocenters. The van der Waals surface area contributed by atoms with Crippen LogP contribution < -0.4 is 4.90 Å². The highest BCUT2D eigenvalue weighted by Crippen LogP contribution is 2.19. The van der Waals surface area contributed by atoms with Crippen molar-refractivity contribution in [2.45, 2.75) is 25.8 Å². The number of hydrogen-bond donors (Lipinski definition) is 0. The van der Waals surface area contributed by atoms with Gasteiger partial charge < -0.3 is 4.90 Å². The molecule has 0 saturated carbocycles. The van der Waals surface area contributed by atoms with Gasteiger partial charge >= 0.3 is 0 Å². The van der Waals surface area contributed by atoms with Crippen molar-refractivity contribution in [2.24, 2.45) is 0 Å². The SMILES string of the molecule is O=C(CCCCCl)N(Cc1ccccc1)c1ccccc1. The van der Waals surface area contributed by atoms with Crippen LogP contribution in [-0.2, 0) is 11.3 Å². The van der Waals surface area contributed by atoms with Gasteiger partial charge in [0.15, 0.2) is 0 Å². The van der Waals surface area contributed by atoms with Crippen LogP contribution in [0.4, 0.5) is 5.69 Å². The summed E-state index contributed by atoms with van der Waals surface area (Å²) in [7, 11) is 0. The molecule has 0 heterocycles. The highest BCUT2D eigenvalue weighted by Gasteiger charge is 2.15. The summed E-state index contributed by atoms with van der Waals surface area (Å²) < 4.78 is 0. The highest BCUT2D eigenvalue weighted by molar-refractivity contribution is 6.17. The van der Waals surface area contributed by atoms with Gasteiger partial charge in [0.25, 0.3) is 0 Å². The number of carbonyl (C=O) groups excluding carboxylic acids is 1. The number of benzene rings is 2. The topological polar surface area (TPSA) is 20.3 Å². The zero-order valence-electron chi connectivity index (χ0n) is 12.0. The van der Waals surface area contributed by atoms with Crippen LogP contribution in [0.3, 0.4) is 0 Å². The molecule has 2 nitrogen and oxygen atoms in total. The molecule has 1 amide bonds. The van der Waals surface area contributed by atoms with E-state index in [1.54, 1.807) is 0 Å². The molecule has 110 valence electrons. The largest absolute Gasteiger partial charge is 0.308 e. The molecule has 2 aromatic rings. The van der Waals surface area contributed by atoms with E-state index in [0.29, 0.717) is 18.8 Å². The minimum atomic E-state index is 0.148. The number of halogens is 1. The first-order valence-electron chi connectivity index (χ1n) is 7.26. The summed E-state index contributed by atoms with van der Waals surface area (Å²) in [5.41, 5.74) is 2.07. The third-order valence-corrected chi connectivity index (χ3v) is 3.59. The first-order valence-corrected chi connectivity index (χ1v) is 7.80. The van der Waals surface area contributed by atoms with E-state index in [1.807, 2.05) is 65.6 Å². The lowest BCUT2D eigenvalue weighted by molar-refractivity contribution is -0.118. The molecule has 0 saturated heterocycles.